The first-order chi connectivity index (χ1) is 12.0. The summed E-state index contributed by atoms with van der Waals surface area (Å²) in [6.07, 6.45) is 0. The molecule has 130 valence electrons. The summed E-state index contributed by atoms with van der Waals surface area (Å²) >= 11 is 0. The van der Waals surface area contributed by atoms with Gasteiger partial charge in [0.15, 0.2) is 18.2 Å². The molecular formula is C17H16FN3O4. The lowest BCUT2D eigenvalue weighted by Gasteiger charge is -2.10. The molecule has 0 heterocycles. The molecule has 0 saturated heterocycles. The number of ether oxygens (including phenoxy) is 1. The highest BCUT2D eigenvalue weighted by atomic mass is 19.1. The van der Waals surface area contributed by atoms with Crippen LogP contribution in [0.5, 0.6) is 5.75 Å². The van der Waals surface area contributed by atoms with E-state index in [9.17, 15) is 18.8 Å². The second-order valence-electron chi connectivity index (χ2n) is 4.98. The van der Waals surface area contributed by atoms with Crippen LogP contribution in [-0.4, -0.2) is 24.3 Å². The van der Waals surface area contributed by atoms with Gasteiger partial charge in [-0.3, -0.25) is 25.2 Å². The lowest BCUT2D eigenvalue weighted by atomic mass is 10.2. The molecule has 3 amide bonds. The molecule has 2 aromatic rings. The molecule has 7 nitrogen and oxygen atoms in total. The number of hydrazine groups is 1. The molecule has 25 heavy (non-hydrogen) atoms. The van der Waals surface area contributed by atoms with Gasteiger partial charge in [-0.05, 0) is 30.3 Å². The summed E-state index contributed by atoms with van der Waals surface area (Å²) in [6, 6.07) is 11.8. The van der Waals surface area contributed by atoms with Crippen molar-refractivity contribution in [2.24, 2.45) is 0 Å². The van der Waals surface area contributed by atoms with Crippen LogP contribution >= 0.6 is 0 Å². The minimum atomic E-state index is -0.658. The summed E-state index contributed by atoms with van der Waals surface area (Å²) in [6.45, 7) is 0.885. The molecule has 3 N–H and O–H groups in total. The van der Waals surface area contributed by atoms with Gasteiger partial charge in [-0.1, -0.05) is 18.2 Å². The smallest absolute Gasteiger partial charge is 0.276 e. The third kappa shape index (κ3) is 5.61. The molecular weight excluding hydrogens is 329 g/mol. The van der Waals surface area contributed by atoms with E-state index in [1.165, 1.54) is 37.3 Å². The van der Waals surface area contributed by atoms with Crippen LogP contribution in [0.1, 0.15) is 17.3 Å². The van der Waals surface area contributed by atoms with Gasteiger partial charge in [-0.25, -0.2) is 4.39 Å². The normalized spacial score (nSPS) is 9.84. The van der Waals surface area contributed by atoms with Gasteiger partial charge in [0.05, 0.1) is 0 Å². The van der Waals surface area contributed by atoms with Crippen molar-refractivity contribution < 1.29 is 23.5 Å². The molecule has 0 radical (unpaired) electrons. The molecule has 0 aliphatic rings. The van der Waals surface area contributed by atoms with E-state index in [0.717, 1.165) is 0 Å². The number of hydrogen-bond acceptors (Lipinski definition) is 4. The Balaban J connectivity index is 1.84. The topological polar surface area (TPSA) is 96.5 Å². The average molecular weight is 345 g/mol. The van der Waals surface area contributed by atoms with Gasteiger partial charge in [0.2, 0.25) is 5.91 Å². The van der Waals surface area contributed by atoms with Gasteiger partial charge in [-0.2, -0.15) is 0 Å². The molecule has 0 fully saturated rings. The van der Waals surface area contributed by atoms with E-state index in [1.54, 1.807) is 18.2 Å². The highest BCUT2D eigenvalue weighted by molar-refractivity contribution is 5.97. The maximum Gasteiger partial charge on any atom is 0.276 e. The van der Waals surface area contributed by atoms with E-state index >= 15 is 0 Å². The minimum Gasteiger partial charge on any atom is -0.481 e. The maximum absolute atomic E-state index is 13.3. The number of para-hydroxylation sites is 1. The third-order valence-corrected chi connectivity index (χ3v) is 2.96. The first kappa shape index (κ1) is 17.9. The number of carbonyl (C=O) groups excluding carboxylic acids is 3. The van der Waals surface area contributed by atoms with Crippen LogP contribution in [0.4, 0.5) is 10.1 Å². The molecule has 2 aromatic carbocycles. The largest absolute Gasteiger partial charge is 0.481 e. The van der Waals surface area contributed by atoms with Crippen molar-refractivity contribution in [2.75, 3.05) is 11.9 Å². The number of carbonyl (C=O) groups is 3. The van der Waals surface area contributed by atoms with E-state index in [0.29, 0.717) is 5.69 Å². The summed E-state index contributed by atoms with van der Waals surface area (Å²) in [4.78, 5) is 34.6. The number of halogens is 1. The van der Waals surface area contributed by atoms with Crippen LogP contribution in [0.15, 0.2) is 48.5 Å². The predicted molar refractivity (Wildman–Crippen MR) is 88.2 cm³/mol. The molecule has 0 saturated carbocycles. The number of hydrogen-bond donors (Lipinski definition) is 3. The first-order valence-corrected chi connectivity index (χ1v) is 7.30. The van der Waals surface area contributed by atoms with E-state index in [2.05, 4.69) is 16.2 Å². The van der Waals surface area contributed by atoms with Gasteiger partial charge in [0.25, 0.3) is 11.8 Å². The van der Waals surface area contributed by atoms with Crippen molar-refractivity contribution in [3.05, 3.63) is 59.9 Å². The van der Waals surface area contributed by atoms with Gasteiger partial charge in [0.1, 0.15) is 0 Å². The SMILES string of the molecule is CC(=O)Nc1cccc(C(=O)NNC(=O)COc2ccccc2F)c1. The Morgan fingerprint density at radius 1 is 1.04 bits per heavy atom. The molecule has 0 aromatic heterocycles. The number of nitrogens with one attached hydrogen (secondary N) is 3. The zero-order valence-electron chi connectivity index (χ0n) is 13.3. The number of amides is 3. The number of anilines is 1. The fourth-order valence-corrected chi connectivity index (χ4v) is 1.88. The van der Waals surface area contributed by atoms with Crippen molar-refractivity contribution in [3.8, 4) is 5.75 Å². The highest BCUT2D eigenvalue weighted by Gasteiger charge is 2.10. The maximum atomic E-state index is 13.3. The second kappa shape index (κ2) is 8.44. The lowest BCUT2D eigenvalue weighted by Crippen LogP contribution is -2.43. The van der Waals surface area contributed by atoms with Crippen molar-refractivity contribution >= 4 is 23.4 Å². The quantitative estimate of drug-likeness (QED) is 0.718. The van der Waals surface area contributed by atoms with Crippen LogP contribution in [0.2, 0.25) is 0 Å². The van der Waals surface area contributed by atoms with Crippen LogP contribution in [0, 0.1) is 5.82 Å². The molecule has 0 bridgehead atoms. The standard InChI is InChI=1S/C17H16FN3O4/c1-11(22)19-13-6-4-5-12(9-13)17(24)21-20-16(23)10-25-15-8-3-2-7-14(15)18/h2-9H,10H2,1H3,(H,19,22)(H,20,23)(H,21,24). The molecule has 0 atom stereocenters. The van der Waals surface area contributed by atoms with Crippen molar-refractivity contribution in [1.29, 1.82) is 0 Å². The molecule has 8 heteroatoms. The average Bonchev–Trinajstić information content (AvgIpc) is 2.58. The zero-order valence-corrected chi connectivity index (χ0v) is 13.3. The molecule has 0 aliphatic carbocycles. The third-order valence-electron chi connectivity index (χ3n) is 2.96. The lowest BCUT2D eigenvalue weighted by molar-refractivity contribution is -0.123. The predicted octanol–water partition coefficient (Wildman–Crippen LogP) is 1.62. The Bertz CT molecular complexity index is 795. The zero-order chi connectivity index (χ0) is 18.2. The summed E-state index contributed by atoms with van der Waals surface area (Å²) in [7, 11) is 0. The molecule has 2 rings (SSSR count). The number of benzene rings is 2. The number of rotatable bonds is 5. The summed E-state index contributed by atoms with van der Waals surface area (Å²) in [5.41, 5.74) is 5.05. The first-order valence-electron chi connectivity index (χ1n) is 7.30. The summed E-state index contributed by atoms with van der Waals surface area (Å²) in [5, 5.41) is 2.55. The van der Waals surface area contributed by atoms with Crippen molar-refractivity contribution in [1.82, 2.24) is 10.9 Å². The summed E-state index contributed by atoms with van der Waals surface area (Å²) < 4.78 is 18.4. The van der Waals surface area contributed by atoms with E-state index in [-0.39, 0.29) is 17.2 Å². The van der Waals surface area contributed by atoms with E-state index < -0.39 is 24.2 Å². The fraction of sp³-hybridized carbons (Fsp3) is 0.118. The van der Waals surface area contributed by atoms with Crippen molar-refractivity contribution in [2.45, 2.75) is 6.92 Å². The Morgan fingerprint density at radius 3 is 2.52 bits per heavy atom. The van der Waals surface area contributed by atoms with Crippen LogP contribution < -0.4 is 20.9 Å². The fourth-order valence-electron chi connectivity index (χ4n) is 1.88. The summed E-state index contributed by atoms with van der Waals surface area (Å²) in [5.74, 6) is -2.15. The second-order valence-corrected chi connectivity index (χ2v) is 4.98. The van der Waals surface area contributed by atoms with Crippen LogP contribution in [0.25, 0.3) is 0 Å². The molecule has 0 unspecified atom stereocenters. The van der Waals surface area contributed by atoms with Gasteiger partial charge in [-0.15, -0.1) is 0 Å². The highest BCUT2D eigenvalue weighted by Crippen LogP contribution is 2.14. The van der Waals surface area contributed by atoms with Crippen LogP contribution in [-0.2, 0) is 9.59 Å². The van der Waals surface area contributed by atoms with Crippen molar-refractivity contribution in [3.63, 3.8) is 0 Å². The molecule has 0 aliphatic heterocycles. The van der Waals surface area contributed by atoms with Gasteiger partial charge in [0, 0.05) is 18.2 Å². The minimum absolute atomic E-state index is 0.0630. The molecule has 0 spiro atoms. The Kier molecular flexibility index (Phi) is 6.05. The Hall–Kier alpha value is -3.42. The Labute approximate surface area is 143 Å². The van der Waals surface area contributed by atoms with Gasteiger partial charge < -0.3 is 10.1 Å². The van der Waals surface area contributed by atoms with E-state index in [4.69, 9.17) is 4.74 Å². The Morgan fingerprint density at radius 2 is 1.80 bits per heavy atom. The monoisotopic (exact) mass is 345 g/mol. The van der Waals surface area contributed by atoms with Crippen LogP contribution in [0.3, 0.4) is 0 Å². The van der Waals surface area contributed by atoms with E-state index in [1.807, 2.05) is 0 Å². The van der Waals surface area contributed by atoms with Gasteiger partial charge >= 0.3 is 0 Å².